The van der Waals surface area contributed by atoms with E-state index in [0.717, 1.165) is 13.0 Å². The van der Waals surface area contributed by atoms with Gasteiger partial charge < -0.3 is 9.47 Å². The first-order valence-electron chi connectivity index (χ1n) is 2.69. The van der Waals surface area contributed by atoms with Crippen LogP contribution in [0.25, 0.3) is 0 Å². The van der Waals surface area contributed by atoms with Crippen molar-refractivity contribution in [3.8, 4) is 0 Å². The number of hydrogen-bond acceptors (Lipinski definition) is 2. The van der Waals surface area contributed by atoms with Crippen LogP contribution in [0.5, 0.6) is 0 Å². The highest BCUT2D eigenvalue weighted by Gasteiger charge is 2.14. The lowest BCUT2D eigenvalue weighted by molar-refractivity contribution is 0.0705. The summed E-state index contributed by atoms with van der Waals surface area (Å²) in [4.78, 5) is 0. The first-order chi connectivity index (χ1) is 3.93. The molecule has 1 rings (SSSR count). The smallest absolute Gasteiger partial charge is 0.121 e. The average Bonchev–Trinajstić information content (AvgIpc) is 2.19. The number of alkyl halides is 1. The van der Waals surface area contributed by atoms with Gasteiger partial charge in [0.2, 0.25) is 0 Å². The summed E-state index contributed by atoms with van der Waals surface area (Å²) in [6.45, 7) is 1.54. The van der Waals surface area contributed by atoms with Crippen LogP contribution < -0.4 is 0 Å². The molecule has 2 nitrogen and oxygen atoms in total. The Hall–Kier alpha value is 0.210. The summed E-state index contributed by atoms with van der Waals surface area (Å²) in [7, 11) is 0. The number of halogens is 1. The maximum absolute atomic E-state index is 5.30. The van der Waals surface area contributed by atoms with E-state index in [1.807, 2.05) is 0 Å². The fourth-order valence-corrected chi connectivity index (χ4v) is 0.912. The Morgan fingerprint density at radius 3 is 3.12 bits per heavy atom. The zero-order chi connectivity index (χ0) is 5.82. The SMILES string of the molecule is ClCO[C@H]1CCOC1. The molecule has 0 amide bonds. The summed E-state index contributed by atoms with van der Waals surface area (Å²) in [6, 6.07) is 0.286. The van der Waals surface area contributed by atoms with Crippen molar-refractivity contribution in [2.45, 2.75) is 12.5 Å². The largest absolute Gasteiger partial charge is 0.379 e. The molecule has 48 valence electrons. The van der Waals surface area contributed by atoms with Crippen molar-refractivity contribution >= 4 is 11.6 Å². The first kappa shape index (κ1) is 6.33. The Morgan fingerprint density at radius 1 is 1.75 bits per heavy atom. The van der Waals surface area contributed by atoms with Gasteiger partial charge in [0.05, 0.1) is 12.7 Å². The second-order valence-electron chi connectivity index (χ2n) is 1.76. The van der Waals surface area contributed by atoms with Crippen molar-refractivity contribution in [1.82, 2.24) is 0 Å². The van der Waals surface area contributed by atoms with E-state index in [-0.39, 0.29) is 12.2 Å². The maximum Gasteiger partial charge on any atom is 0.121 e. The van der Waals surface area contributed by atoms with Gasteiger partial charge in [0.15, 0.2) is 0 Å². The molecule has 1 aliphatic rings. The highest BCUT2D eigenvalue weighted by Crippen LogP contribution is 2.07. The topological polar surface area (TPSA) is 18.5 Å². The molecule has 1 aliphatic heterocycles. The third kappa shape index (κ3) is 1.62. The third-order valence-electron chi connectivity index (χ3n) is 1.19. The molecule has 8 heavy (non-hydrogen) atoms. The van der Waals surface area contributed by atoms with Crippen molar-refractivity contribution < 1.29 is 9.47 Å². The Balaban J connectivity index is 2.06. The monoisotopic (exact) mass is 136 g/mol. The predicted molar refractivity (Wildman–Crippen MR) is 31.0 cm³/mol. The van der Waals surface area contributed by atoms with Gasteiger partial charge in [0, 0.05) is 6.61 Å². The predicted octanol–water partition coefficient (Wildman–Crippen LogP) is 0.988. The number of hydrogen-bond donors (Lipinski definition) is 0. The van der Waals surface area contributed by atoms with Crippen LogP contribution in [-0.4, -0.2) is 25.4 Å². The molecule has 1 heterocycles. The molecular weight excluding hydrogens is 128 g/mol. The van der Waals surface area contributed by atoms with Crippen molar-refractivity contribution in [2.75, 3.05) is 19.3 Å². The van der Waals surface area contributed by atoms with E-state index in [2.05, 4.69) is 0 Å². The number of ether oxygens (including phenoxy) is 2. The van der Waals surface area contributed by atoms with Crippen LogP contribution in [0, 0.1) is 0 Å². The van der Waals surface area contributed by atoms with Crippen LogP contribution in [0.4, 0.5) is 0 Å². The van der Waals surface area contributed by atoms with Crippen LogP contribution in [0.3, 0.4) is 0 Å². The standard InChI is InChI=1S/C5H9ClO2/c6-4-8-5-1-2-7-3-5/h5H,1-4H2/t5-/m0/s1. The highest BCUT2D eigenvalue weighted by atomic mass is 35.5. The summed E-state index contributed by atoms with van der Waals surface area (Å²) in [5.74, 6) is 0. The zero-order valence-electron chi connectivity index (χ0n) is 4.60. The summed E-state index contributed by atoms with van der Waals surface area (Å²) in [6.07, 6.45) is 1.25. The van der Waals surface area contributed by atoms with E-state index in [4.69, 9.17) is 21.1 Å². The van der Waals surface area contributed by atoms with Gasteiger partial charge in [-0.05, 0) is 6.42 Å². The van der Waals surface area contributed by atoms with Gasteiger partial charge in [-0.1, -0.05) is 11.6 Å². The molecule has 0 aromatic carbocycles. The molecule has 0 aromatic rings. The third-order valence-corrected chi connectivity index (χ3v) is 1.31. The number of rotatable bonds is 2. The Morgan fingerprint density at radius 2 is 2.62 bits per heavy atom. The Labute approximate surface area is 53.7 Å². The van der Waals surface area contributed by atoms with Crippen LogP contribution >= 0.6 is 11.6 Å². The molecule has 1 atom stereocenters. The summed E-state index contributed by atoms with van der Waals surface area (Å²) >= 11 is 5.30. The fourth-order valence-electron chi connectivity index (χ4n) is 0.733. The van der Waals surface area contributed by atoms with E-state index < -0.39 is 0 Å². The fraction of sp³-hybridized carbons (Fsp3) is 1.00. The zero-order valence-corrected chi connectivity index (χ0v) is 5.36. The van der Waals surface area contributed by atoms with Gasteiger partial charge in [-0.3, -0.25) is 0 Å². The van der Waals surface area contributed by atoms with Gasteiger partial charge in [-0.2, -0.15) is 0 Å². The molecule has 0 bridgehead atoms. The molecule has 3 heteroatoms. The normalized spacial score (nSPS) is 28.9. The van der Waals surface area contributed by atoms with Crippen molar-refractivity contribution in [1.29, 1.82) is 0 Å². The van der Waals surface area contributed by atoms with Gasteiger partial charge in [0.1, 0.15) is 6.07 Å². The molecule has 0 spiro atoms. The molecule has 0 saturated carbocycles. The lowest BCUT2D eigenvalue weighted by Crippen LogP contribution is -2.10. The van der Waals surface area contributed by atoms with Crippen molar-refractivity contribution in [2.24, 2.45) is 0 Å². The van der Waals surface area contributed by atoms with E-state index in [1.165, 1.54) is 0 Å². The van der Waals surface area contributed by atoms with E-state index in [1.54, 1.807) is 0 Å². The van der Waals surface area contributed by atoms with Gasteiger partial charge in [-0.25, -0.2) is 0 Å². The van der Waals surface area contributed by atoms with E-state index >= 15 is 0 Å². The first-order valence-corrected chi connectivity index (χ1v) is 3.22. The lowest BCUT2D eigenvalue weighted by Gasteiger charge is -2.03. The minimum atomic E-state index is 0.257. The van der Waals surface area contributed by atoms with Crippen LogP contribution in [-0.2, 0) is 9.47 Å². The van der Waals surface area contributed by atoms with E-state index in [0.29, 0.717) is 6.61 Å². The lowest BCUT2D eigenvalue weighted by atomic mass is 10.3. The van der Waals surface area contributed by atoms with Gasteiger partial charge in [-0.15, -0.1) is 0 Å². The maximum atomic E-state index is 5.30. The van der Waals surface area contributed by atoms with E-state index in [9.17, 15) is 0 Å². The van der Waals surface area contributed by atoms with Crippen LogP contribution in [0.15, 0.2) is 0 Å². The second kappa shape index (κ2) is 3.28. The Bertz CT molecular complexity index is 61.4. The molecule has 0 aromatic heterocycles. The second-order valence-corrected chi connectivity index (χ2v) is 1.98. The quantitative estimate of drug-likeness (QED) is 0.527. The van der Waals surface area contributed by atoms with Gasteiger partial charge >= 0.3 is 0 Å². The average molecular weight is 137 g/mol. The molecule has 0 radical (unpaired) electrons. The Kier molecular flexibility index (Phi) is 2.59. The molecule has 0 aliphatic carbocycles. The molecule has 0 N–H and O–H groups in total. The molecule has 0 unspecified atom stereocenters. The van der Waals surface area contributed by atoms with Gasteiger partial charge in [0.25, 0.3) is 0 Å². The van der Waals surface area contributed by atoms with Crippen LogP contribution in [0.2, 0.25) is 0 Å². The molecular formula is C5H9ClO2. The minimum absolute atomic E-state index is 0.257. The molecule has 1 saturated heterocycles. The summed E-state index contributed by atoms with van der Waals surface area (Å²) < 4.78 is 10.1. The summed E-state index contributed by atoms with van der Waals surface area (Å²) in [5, 5.41) is 0. The summed E-state index contributed by atoms with van der Waals surface area (Å²) in [5.41, 5.74) is 0. The molecule has 1 fully saturated rings. The van der Waals surface area contributed by atoms with Crippen molar-refractivity contribution in [3.05, 3.63) is 0 Å². The van der Waals surface area contributed by atoms with Crippen LogP contribution in [0.1, 0.15) is 6.42 Å². The highest BCUT2D eigenvalue weighted by molar-refractivity contribution is 6.17. The van der Waals surface area contributed by atoms with Crippen molar-refractivity contribution in [3.63, 3.8) is 0 Å². The minimum Gasteiger partial charge on any atom is -0.379 e.